The molecular formula is C23H32N4O3. The number of guanidine groups is 1. The Hall–Kier alpha value is -3.22. The second-order valence-electron chi connectivity index (χ2n) is 6.79. The van der Waals surface area contributed by atoms with Crippen LogP contribution in [0.2, 0.25) is 0 Å². The standard InChI is InChI=1S/C23H32N4O3/c1-5-6-22(28)27-19-10-7-18(8-11-19)16-26-23(24-2)25-14-13-17-9-12-20(29-3)21(15-17)30-4/h7-12,15H,5-6,13-14,16H2,1-4H3,(H,27,28)(H2,24,25,26). The zero-order chi connectivity index (χ0) is 21.8. The summed E-state index contributed by atoms with van der Waals surface area (Å²) in [6, 6.07) is 13.7. The molecular weight excluding hydrogens is 380 g/mol. The largest absolute Gasteiger partial charge is 0.493 e. The van der Waals surface area contributed by atoms with E-state index >= 15 is 0 Å². The molecule has 7 heteroatoms. The first-order valence-corrected chi connectivity index (χ1v) is 10.1. The molecule has 1 amide bonds. The molecule has 0 spiro atoms. The van der Waals surface area contributed by atoms with Crippen LogP contribution in [0.1, 0.15) is 30.9 Å². The Morgan fingerprint density at radius 3 is 2.30 bits per heavy atom. The summed E-state index contributed by atoms with van der Waals surface area (Å²) < 4.78 is 10.6. The molecule has 2 rings (SSSR count). The van der Waals surface area contributed by atoms with E-state index in [0.717, 1.165) is 53.7 Å². The first kappa shape index (κ1) is 23.1. The van der Waals surface area contributed by atoms with Crippen molar-refractivity contribution in [2.45, 2.75) is 32.7 Å². The number of aliphatic imine (C=N–C) groups is 1. The molecule has 7 nitrogen and oxygen atoms in total. The van der Waals surface area contributed by atoms with Gasteiger partial charge in [0.1, 0.15) is 0 Å². The van der Waals surface area contributed by atoms with Gasteiger partial charge in [0.2, 0.25) is 5.91 Å². The number of ether oxygens (including phenoxy) is 2. The minimum atomic E-state index is 0.0439. The Bertz CT molecular complexity index is 835. The van der Waals surface area contributed by atoms with Gasteiger partial charge in [-0.2, -0.15) is 0 Å². The predicted molar refractivity (Wildman–Crippen MR) is 121 cm³/mol. The first-order chi connectivity index (χ1) is 14.6. The molecule has 0 bridgehead atoms. The van der Waals surface area contributed by atoms with Crippen LogP contribution in [-0.2, 0) is 17.8 Å². The highest BCUT2D eigenvalue weighted by Crippen LogP contribution is 2.27. The van der Waals surface area contributed by atoms with Crippen LogP contribution in [0.3, 0.4) is 0 Å². The van der Waals surface area contributed by atoms with E-state index < -0.39 is 0 Å². The maximum absolute atomic E-state index is 11.7. The van der Waals surface area contributed by atoms with E-state index in [1.165, 1.54) is 0 Å². The van der Waals surface area contributed by atoms with Gasteiger partial charge in [-0.05, 0) is 48.2 Å². The third-order valence-electron chi connectivity index (χ3n) is 4.55. The number of anilines is 1. The highest BCUT2D eigenvalue weighted by atomic mass is 16.5. The topological polar surface area (TPSA) is 84.0 Å². The van der Waals surface area contributed by atoms with Gasteiger partial charge in [0.25, 0.3) is 0 Å². The van der Waals surface area contributed by atoms with Gasteiger partial charge in [-0.25, -0.2) is 0 Å². The molecule has 0 heterocycles. The lowest BCUT2D eigenvalue weighted by Gasteiger charge is -2.13. The molecule has 0 atom stereocenters. The monoisotopic (exact) mass is 412 g/mol. The second-order valence-corrected chi connectivity index (χ2v) is 6.79. The van der Waals surface area contributed by atoms with E-state index in [2.05, 4.69) is 20.9 Å². The predicted octanol–water partition coefficient (Wildman–Crippen LogP) is 3.35. The number of nitrogens with one attached hydrogen (secondary N) is 3. The number of nitrogens with zero attached hydrogens (tertiary/aromatic N) is 1. The summed E-state index contributed by atoms with van der Waals surface area (Å²) in [5.74, 6) is 2.23. The average Bonchev–Trinajstić information content (AvgIpc) is 2.77. The number of hydrogen-bond acceptors (Lipinski definition) is 4. The summed E-state index contributed by atoms with van der Waals surface area (Å²) in [5.41, 5.74) is 3.07. The number of carbonyl (C=O) groups excluding carboxylic acids is 1. The number of amides is 1. The Labute approximate surface area is 178 Å². The highest BCUT2D eigenvalue weighted by Gasteiger charge is 2.05. The van der Waals surface area contributed by atoms with Gasteiger partial charge in [0.15, 0.2) is 17.5 Å². The molecule has 0 saturated carbocycles. The molecule has 0 saturated heterocycles. The van der Waals surface area contributed by atoms with Gasteiger partial charge >= 0.3 is 0 Å². The van der Waals surface area contributed by atoms with E-state index in [4.69, 9.17) is 9.47 Å². The van der Waals surface area contributed by atoms with Crippen LogP contribution in [0, 0.1) is 0 Å². The molecule has 0 aliphatic carbocycles. The number of rotatable bonds is 10. The highest BCUT2D eigenvalue weighted by molar-refractivity contribution is 5.90. The molecule has 2 aromatic rings. The minimum absolute atomic E-state index is 0.0439. The lowest BCUT2D eigenvalue weighted by atomic mass is 10.1. The van der Waals surface area contributed by atoms with E-state index in [1.807, 2.05) is 49.4 Å². The van der Waals surface area contributed by atoms with Gasteiger partial charge in [-0.1, -0.05) is 25.1 Å². The summed E-state index contributed by atoms with van der Waals surface area (Å²) in [6.07, 6.45) is 2.20. The number of methoxy groups -OCH3 is 2. The summed E-state index contributed by atoms with van der Waals surface area (Å²) in [5, 5.41) is 9.51. The van der Waals surface area contributed by atoms with E-state index in [1.54, 1.807) is 21.3 Å². The Morgan fingerprint density at radius 1 is 0.967 bits per heavy atom. The van der Waals surface area contributed by atoms with Gasteiger partial charge in [0.05, 0.1) is 14.2 Å². The molecule has 162 valence electrons. The lowest BCUT2D eigenvalue weighted by molar-refractivity contribution is -0.116. The zero-order valence-electron chi connectivity index (χ0n) is 18.2. The van der Waals surface area contributed by atoms with E-state index in [0.29, 0.717) is 13.0 Å². The fraction of sp³-hybridized carbons (Fsp3) is 0.391. The summed E-state index contributed by atoms with van der Waals surface area (Å²) >= 11 is 0. The number of hydrogen-bond donors (Lipinski definition) is 3. The van der Waals surface area contributed by atoms with Crippen molar-refractivity contribution in [1.29, 1.82) is 0 Å². The SMILES string of the molecule is CCCC(=O)Nc1ccc(CNC(=NC)NCCc2ccc(OC)c(OC)c2)cc1. The average molecular weight is 413 g/mol. The third-order valence-corrected chi connectivity index (χ3v) is 4.55. The van der Waals surface area contributed by atoms with Crippen LogP contribution >= 0.6 is 0 Å². The van der Waals surface area contributed by atoms with Crippen molar-refractivity contribution in [3.8, 4) is 11.5 Å². The third kappa shape index (κ3) is 7.31. The zero-order valence-corrected chi connectivity index (χ0v) is 18.2. The molecule has 3 N–H and O–H groups in total. The van der Waals surface area contributed by atoms with E-state index in [9.17, 15) is 4.79 Å². The summed E-state index contributed by atoms with van der Waals surface area (Å²) in [4.78, 5) is 15.9. The second kappa shape index (κ2) is 12.4. The van der Waals surface area contributed by atoms with Crippen molar-refractivity contribution in [3.63, 3.8) is 0 Å². The summed E-state index contributed by atoms with van der Waals surface area (Å²) in [7, 11) is 5.01. The van der Waals surface area contributed by atoms with Crippen LogP contribution in [0.5, 0.6) is 11.5 Å². The normalized spacial score (nSPS) is 11.0. The molecule has 0 aliphatic heterocycles. The number of benzene rings is 2. The smallest absolute Gasteiger partial charge is 0.224 e. The molecule has 0 aliphatic rings. The number of carbonyl (C=O) groups is 1. The fourth-order valence-corrected chi connectivity index (χ4v) is 2.92. The van der Waals surface area contributed by atoms with Crippen molar-refractivity contribution >= 4 is 17.6 Å². The maximum atomic E-state index is 11.7. The Balaban J connectivity index is 1.79. The molecule has 0 aromatic heterocycles. The van der Waals surface area contributed by atoms with Crippen LogP contribution in [0.15, 0.2) is 47.5 Å². The van der Waals surface area contributed by atoms with Crippen LogP contribution in [-0.4, -0.2) is 39.7 Å². The fourth-order valence-electron chi connectivity index (χ4n) is 2.92. The first-order valence-electron chi connectivity index (χ1n) is 10.1. The molecule has 30 heavy (non-hydrogen) atoms. The van der Waals surface area contributed by atoms with Gasteiger partial charge < -0.3 is 25.4 Å². The molecule has 2 aromatic carbocycles. The summed E-state index contributed by atoms with van der Waals surface area (Å²) in [6.45, 7) is 3.36. The molecule has 0 radical (unpaired) electrons. The van der Waals surface area contributed by atoms with Crippen LogP contribution in [0.4, 0.5) is 5.69 Å². The Kier molecular flexibility index (Phi) is 9.51. The minimum Gasteiger partial charge on any atom is -0.493 e. The molecule has 0 unspecified atom stereocenters. The van der Waals surface area contributed by atoms with Crippen molar-refractivity contribution in [3.05, 3.63) is 53.6 Å². The van der Waals surface area contributed by atoms with Crippen molar-refractivity contribution in [2.75, 3.05) is 33.1 Å². The van der Waals surface area contributed by atoms with Crippen molar-refractivity contribution in [1.82, 2.24) is 10.6 Å². The van der Waals surface area contributed by atoms with Gasteiger partial charge in [-0.15, -0.1) is 0 Å². The van der Waals surface area contributed by atoms with Crippen molar-refractivity contribution in [2.24, 2.45) is 4.99 Å². The lowest BCUT2D eigenvalue weighted by Crippen LogP contribution is -2.37. The van der Waals surface area contributed by atoms with Gasteiger partial charge in [0, 0.05) is 32.2 Å². The molecule has 0 fully saturated rings. The van der Waals surface area contributed by atoms with Crippen LogP contribution < -0.4 is 25.4 Å². The van der Waals surface area contributed by atoms with Crippen LogP contribution in [0.25, 0.3) is 0 Å². The quantitative estimate of drug-likeness (QED) is 0.412. The Morgan fingerprint density at radius 2 is 1.67 bits per heavy atom. The van der Waals surface area contributed by atoms with Gasteiger partial charge in [-0.3, -0.25) is 9.79 Å². The van der Waals surface area contributed by atoms with Crippen molar-refractivity contribution < 1.29 is 14.3 Å². The van der Waals surface area contributed by atoms with E-state index in [-0.39, 0.29) is 5.91 Å². The maximum Gasteiger partial charge on any atom is 0.224 e.